The van der Waals surface area contributed by atoms with E-state index < -0.39 is 0 Å². The highest BCUT2D eigenvalue weighted by Gasteiger charge is 2.20. The molecule has 0 saturated heterocycles. The zero-order valence-corrected chi connectivity index (χ0v) is 20.3. The molecule has 0 aliphatic heterocycles. The van der Waals surface area contributed by atoms with Gasteiger partial charge in [0.2, 0.25) is 0 Å². The van der Waals surface area contributed by atoms with Gasteiger partial charge >= 0.3 is 0 Å². The fraction of sp³-hybridized carbons (Fsp3) is 0.185. The van der Waals surface area contributed by atoms with Gasteiger partial charge in [0.15, 0.2) is 5.16 Å². The molecule has 0 saturated carbocycles. The number of nitrogens with one attached hydrogen (secondary N) is 1. The number of hydrogen-bond donors (Lipinski definition) is 1. The van der Waals surface area contributed by atoms with E-state index in [9.17, 15) is 4.79 Å². The fourth-order valence-electron chi connectivity index (χ4n) is 3.90. The van der Waals surface area contributed by atoms with Gasteiger partial charge in [0.05, 0.1) is 22.8 Å². The summed E-state index contributed by atoms with van der Waals surface area (Å²) in [7, 11) is 0. The van der Waals surface area contributed by atoms with Crippen LogP contribution in [0.2, 0.25) is 0 Å². The van der Waals surface area contributed by atoms with Gasteiger partial charge in [-0.25, -0.2) is 4.98 Å². The van der Waals surface area contributed by atoms with Crippen LogP contribution < -0.4 is 10.3 Å². The van der Waals surface area contributed by atoms with Gasteiger partial charge in [-0.3, -0.25) is 9.36 Å². The van der Waals surface area contributed by atoms with Crippen LogP contribution in [0.15, 0.2) is 88.8 Å². The van der Waals surface area contributed by atoms with Crippen molar-refractivity contribution in [2.24, 2.45) is 0 Å². The van der Waals surface area contributed by atoms with Crippen molar-refractivity contribution in [2.75, 3.05) is 6.61 Å². The van der Waals surface area contributed by atoms with Gasteiger partial charge in [0.25, 0.3) is 5.56 Å². The Morgan fingerprint density at radius 2 is 1.71 bits per heavy atom. The summed E-state index contributed by atoms with van der Waals surface area (Å²) in [6.45, 7) is 4.58. The monoisotopic (exact) mass is 483 g/mol. The van der Waals surface area contributed by atoms with Crippen LogP contribution in [0.25, 0.3) is 16.6 Å². The molecule has 35 heavy (non-hydrogen) atoms. The number of rotatable bonds is 8. The largest absolute Gasteiger partial charge is 0.494 e. The Kier molecular flexibility index (Phi) is 6.63. The molecular weight excluding hydrogens is 458 g/mol. The second-order valence-corrected chi connectivity index (χ2v) is 9.36. The minimum Gasteiger partial charge on any atom is -0.494 e. The second-order valence-electron chi connectivity index (χ2n) is 8.05. The third-order valence-corrected chi connectivity index (χ3v) is 6.66. The minimum atomic E-state index is -0.150. The third kappa shape index (κ3) is 4.97. The Morgan fingerprint density at radius 3 is 2.49 bits per heavy atom. The summed E-state index contributed by atoms with van der Waals surface area (Å²) in [5.74, 6) is 2.24. The number of nitrogens with zero attached hydrogens (tertiary/aromatic N) is 4. The van der Waals surface area contributed by atoms with Crippen LogP contribution in [-0.2, 0) is 6.42 Å². The molecule has 1 unspecified atom stereocenters. The molecule has 5 rings (SSSR count). The van der Waals surface area contributed by atoms with Gasteiger partial charge in [-0.05, 0) is 55.8 Å². The normalized spacial score (nSPS) is 12.1. The van der Waals surface area contributed by atoms with Crippen molar-refractivity contribution in [3.63, 3.8) is 0 Å². The molecule has 8 heteroatoms. The van der Waals surface area contributed by atoms with E-state index in [1.165, 1.54) is 11.8 Å². The van der Waals surface area contributed by atoms with Gasteiger partial charge in [-0.1, -0.05) is 54.2 Å². The van der Waals surface area contributed by atoms with Gasteiger partial charge < -0.3 is 9.72 Å². The van der Waals surface area contributed by atoms with Crippen molar-refractivity contribution in [3.8, 4) is 11.4 Å². The van der Waals surface area contributed by atoms with Gasteiger partial charge in [-0.2, -0.15) is 0 Å². The predicted octanol–water partition coefficient (Wildman–Crippen LogP) is 5.35. The molecule has 7 nitrogen and oxygen atoms in total. The van der Waals surface area contributed by atoms with Crippen molar-refractivity contribution in [1.29, 1.82) is 0 Å². The van der Waals surface area contributed by atoms with Crippen LogP contribution >= 0.6 is 11.8 Å². The molecule has 0 fully saturated rings. The van der Waals surface area contributed by atoms with E-state index in [-0.39, 0.29) is 10.8 Å². The Bertz CT molecular complexity index is 1500. The second kappa shape index (κ2) is 10.1. The van der Waals surface area contributed by atoms with Crippen LogP contribution in [0, 0.1) is 0 Å². The molecule has 5 aromatic rings. The molecule has 3 aromatic carbocycles. The summed E-state index contributed by atoms with van der Waals surface area (Å²) in [5, 5.41) is 10.2. The molecular formula is C27H25N5O2S. The van der Waals surface area contributed by atoms with Gasteiger partial charge in [0.1, 0.15) is 17.4 Å². The maximum Gasteiger partial charge on any atom is 0.258 e. The molecule has 2 aromatic heterocycles. The van der Waals surface area contributed by atoms with Gasteiger partial charge in [0, 0.05) is 12.1 Å². The first-order chi connectivity index (χ1) is 17.1. The summed E-state index contributed by atoms with van der Waals surface area (Å²) in [6, 6.07) is 25.5. The standard InChI is InChI=1S/C27H25N5O2S/c1-3-34-21-15-13-20(14-16-21)32-24(17-19-9-5-4-6-10-19)30-31-27(32)35-18(2)25-28-23-12-8-7-11-22(23)26(33)29-25/h4-16,18H,3,17H2,1-2H3,(H,28,29,33). The molecule has 176 valence electrons. The molecule has 0 bridgehead atoms. The third-order valence-electron chi connectivity index (χ3n) is 5.61. The Morgan fingerprint density at radius 1 is 0.971 bits per heavy atom. The molecule has 1 atom stereocenters. The first-order valence-corrected chi connectivity index (χ1v) is 12.4. The lowest BCUT2D eigenvalue weighted by atomic mass is 10.1. The quantitative estimate of drug-likeness (QED) is 0.300. The molecule has 0 radical (unpaired) electrons. The number of aromatic amines is 1. The first-order valence-electron chi connectivity index (χ1n) is 11.5. The topological polar surface area (TPSA) is 85.7 Å². The van der Waals surface area contributed by atoms with Crippen molar-refractivity contribution in [2.45, 2.75) is 30.7 Å². The van der Waals surface area contributed by atoms with E-state index in [0.717, 1.165) is 28.0 Å². The van der Waals surface area contributed by atoms with E-state index in [1.807, 2.05) is 74.5 Å². The Labute approximate surface area is 207 Å². The van der Waals surface area contributed by atoms with Crippen LogP contribution in [-0.4, -0.2) is 31.3 Å². The zero-order chi connectivity index (χ0) is 24.2. The lowest BCUT2D eigenvalue weighted by Gasteiger charge is -2.14. The Hall–Kier alpha value is -3.91. The lowest BCUT2D eigenvalue weighted by Crippen LogP contribution is -2.13. The van der Waals surface area contributed by atoms with Crippen LogP contribution in [0.3, 0.4) is 0 Å². The Balaban J connectivity index is 1.51. The summed E-state index contributed by atoms with van der Waals surface area (Å²) in [4.78, 5) is 20.2. The van der Waals surface area contributed by atoms with Gasteiger partial charge in [-0.15, -0.1) is 10.2 Å². The summed E-state index contributed by atoms with van der Waals surface area (Å²) >= 11 is 1.51. The highest BCUT2D eigenvalue weighted by molar-refractivity contribution is 7.99. The number of ether oxygens (including phenoxy) is 1. The number of H-pyrrole nitrogens is 1. The predicted molar refractivity (Wildman–Crippen MR) is 138 cm³/mol. The number of thioether (sulfide) groups is 1. The van der Waals surface area contributed by atoms with E-state index in [1.54, 1.807) is 6.07 Å². The average Bonchev–Trinajstić information content (AvgIpc) is 3.27. The number of fused-ring (bicyclic) bond motifs is 1. The SMILES string of the molecule is CCOc1ccc(-n2c(Cc3ccccc3)nnc2SC(C)c2nc3ccccc3c(=O)[nH]2)cc1. The molecule has 0 aliphatic carbocycles. The number of aromatic nitrogens is 5. The van der Waals surface area contributed by atoms with Crippen LogP contribution in [0.1, 0.15) is 36.3 Å². The lowest BCUT2D eigenvalue weighted by molar-refractivity contribution is 0.340. The average molecular weight is 484 g/mol. The minimum absolute atomic E-state index is 0.143. The van der Waals surface area contributed by atoms with Crippen molar-refractivity contribution < 1.29 is 4.74 Å². The number of para-hydroxylation sites is 1. The van der Waals surface area contributed by atoms with Crippen LogP contribution in [0.4, 0.5) is 0 Å². The van der Waals surface area contributed by atoms with Crippen LogP contribution in [0.5, 0.6) is 5.75 Å². The van der Waals surface area contributed by atoms with Crippen molar-refractivity contribution in [3.05, 3.63) is 106 Å². The smallest absolute Gasteiger partial charge is 0.258 e. The van der Waals surface area contributed by atoms with E-state index in [0.29, 0.717) is 29.8 Å². The summed E-state index contributed by atoms with van der Waals surface area (Å²) in [6.07, 6.45) is 0.640. The van der Waals surface area contributed by atoms with Crippen molar-refractivity contribution >= 4 is 22.7 Å². The van der Waals surface area contributed by atoms with E-state index in [4.69, 9.17) is 9.72 Å². The molecule has 2 heterocycles. The highest BCUT2D eigenvalue weighted by atomic mass is 32.2. The molecule has 1 N–H and O–H groups in total. The summed E-state index contributed by atoms with van der Waals surface area (Å²) < 4.78 is 7.67. The van der Waals surface area contributed by atoms with Crippen molar-refractivity contribution in [1.82, 2.24) is 24.7 Å². The molecule has 0 spiro atoms. The molecule has 0 amide bonds. The number of benzene rings is 3. The number of hydrogen-bond acceptors (Lipinski definition) is 6. The fourth-order valence-corrected chi connectivity index (χ4v) is 4.84. The molecule has 0 aliphatic rings. The maximum atomic E-state index is 12.6. The maximum absolute atomic E-state index is 12.6. The first kappa shape index (κ1) is 22.9. The summed E-state index contributed by atoms with van der Waals surface area (Å²) in [5.41, 5.74) is 2.63. The highest BCUT2D eigenvalue weighted by Crippen LogP contribution is 2.34. The van der Waals surface area contributed by atoms with E-state index >= 15 is 0 Å². The zero-order valence-electron chi connectivity index (χ0n) is 19.5. The van der Waals surface area contributed by atoms with E-state index in [2.05, 4.69) is 31.9 Å².